The fourth-order valence-electron chi connectivity index (χ4n) is 1.17. The highest BCUT2D eigenvalue weighted by molar-refractivity contribution is 9.14. The second-order valence-corrected chi connectivity index (χ2v) is 4.69. The van der Waals surface area contributed by atoms with Gasteiger partial charge in [-0.3, -0.25) is 0 Å². The summed E-state index contributed by atoms with van der Waals surface area (Å²) in [6.45, 7) is 0.882. The summed E-state index contributed by atoms with van der Waals surface area (Å²) >= 11 is 6.46. The molecule has 0 amide bonds. The van der Waals surface area contributed by atoms with Crippen molar-refractivity contribution in [2.24, 2.45) is 17.5 Å². The zero-order chi connectivity index (χ0) is 9.14. The largest absolute Gasteiger partial charge is 0.391 e. The van der Waals surface area contributed by atoms with Crippen molar-refractivity contribution < 1.29 is 0 Å². The van der Waals surface area contributed by atoms with Crippen LogP contribution in [0.3, 0.4) is 0 Å². The number of hydrogen-bond acceptors (Lipinski definition) is 3. The summed E-state index contributed by atoms with van der Waals surface area (Å²) < 4.78 is 1.28. The first-order valence-electron chi connectivity index (χ1n) is 3.94. The summed E-state index contributed by atoms with van der Waals surface area (Å²) in [5.41, 5.74) is 5.50. The fourth-order valence-corrected chi connectivity index (χ4v) is 1.54. The first kappa shape index (κ1) is 10.3. The van der Waals surface area contributed by atoms with Crippen molar-refractivity contribution in [2.45, 2.75) is 19.3 Å². The number of rotatable bonds is 3. The van der Waals surface area contributed by atoms with Gasteiger partial charge < -0.3 is 10.7 Å². The van der Waals surface area contributed by atoms with Crippen molar-refractivity contribution in [2.75, 3.05) is 6.54 Å². The second kappa shape index (κ2) is 4.48. The number of halogens is 2. The first-order chi connectivity index (χ1) is 5.61. The Bertz CT molecular complexity index is 185. The minimum absolute atomic E-state index is 0.546. The molecule has 0 atom stereocenters. The van der Waals surface area contributed by atoms with Gasteiger partial charge in [-0.05, 0) is 50.6 Å². The van der Waals surface area contributed by atoms with Gasteiger partial charge in [-0.2, -0.15) is 0 Å². The highest BCUT2D eigenvalue weighted by Gasteiger charge is 2.20. The van der Waals surface area contributed by atoms with Crippen LogP contribution >= 0.6 is 31.9 Å². The van der Waals surface area contributed by atoms with Gasteiger partial charge in [0.05, 0.1) is 0 Å². The van der Waals surface area contributed by atoms with E-state index < -0.39 is 0 Å². The molecule has 0 spiro atoms. The van der Waals surface area contributed by atoms with Crippen molar-refractivity contribution in [3.8, 4) is 0 Å². The topological polar surface area (TPSA) is 55.3 Å². The van der Waals surface area contributed by atoms with Gasteiger partial charge in [-0.25, -0.2) is 5.84 Å². The molecular formula is C7H13Br2N3. The number of hydrogen-bond donors (Lipinski definition) is 2. The molecule has 1 fully saturated rings. The van der Waals surface area contributed by atoms with Crippen molar-refractivity contribution in [3.05, 3.63) is 9.21 Å². The predicted molar refractivity (Wildman–Crippen MR) is 57.3 cm³/mol. The molecule has 0 heterocycles. The van der Waals surface area contributed by atoms with Gasteiger partial charge in [0.15, 0.2) is 0 Å². The Hall–Kier alpha value is 0.260. The van der Waals surface area contributed by atoms with Crippen LogP contribution in [0.5, 0.6) is 0 Å². The lowest BCUT2D eigenvalue weighted by Gasteiger charge is -2.30. The van der Waals surface area contributed by atoms with E-state index in [0.717, 1.165) is 17.1 Å². The Labute approximate surface area is 89.4 Å². The van der Waals surface area contributed by atoms with Gasteiger partial charge in [-0.1, -0.05) is 6.42 Å². The maximum Gasteiger partial charge on any atom is 0.125 e. The van der Waals surface area contributed by atoms with Crippen LogP contribution in [0.2, 0.25) is 0 Å². The lowest BCUT2D eigenvalue weighted by atomic mass is 9.85. The number of nitrogens with zero attached hydrogens (tertiary/aromatic N) is 1. The molecule has 70 valence electrons. The smallest absolute Gasteiger partial charge is 0.125 e. The molecule has 0 aromatic heterocycles. The van der Waals surface area contributed by atoms with E-state index in [1.165, 1.54) is 19.3 Å². The molecule has 0 radical (unpaired) electrons. The van der Waals surface area contributed by atoms with E-state index in [1.54, 1.807) is 5.01 Å². The van der Waals surface area contributed by atoms with Gasteiger partial charge >= 0.3 is 0 Å². The van der Waals surface area contributed by atoms with Crippen LogP contribution in [-0.4, -0.2) is 11.6 Å². The van der Waals surface area contributed by atoms with E-state index in [-0.39, 0.29) is 0 Å². The van der Waals surface area contributed by atoms with Gasteiger partial charge in [0.25, 0.3) is 0 Å². The van der Waals surface area contributed by atoms with Crippen molar-refractivity contribution >= 4 is 31.9 Å². The zero-order valence-corrected chi connectivity index (χ0v) is 9.94. The van der Waals surface area contributed by atoms with E-state index in [9.17, 15) is 0 Å². The highest BCUT2D eigenvalue weighted by Crippen LogP contribution is 2.28. The standard InChI is InChI=1S/C7H13Br2N3/c8-6(10)7(9)12(11)4-5-2-1-3-5/h5H,1-4,10-11H2/b7-6-. The Balaban J connectivity index is 2.36. The SMILES string of the molecule is N/C(Br)=C(/Br)N(N)CC1CCC1. The van der Waals surface area contributed by atoms with Crippen LogP contribution in [0.15, 0.2) is 9.21 Å². The monoisotopic (exact) mass is 297 g/mol. The van der Waals surface area contributed by atoms with E-state index in [1.807, 2.05) is 0 Å². The minimum Gasteiger partial charge on any atom is -0.391 e. The molecule has 0 unspecified atom stereocenters. The quantitative estimate of drug-likeness (QED) is 0.475. The average Bonchev–Trinajstić information content (AvgIpc) is 1.94. The molecule has 1 rings (SSSR count). The molecule has 1 aliphatic rings. The molecule has 0 aliphatic heterocycles. The van der Waals surface area contributed by atoms with Crippen LogP contribution < -0.4 is 11.6 Å². The minimum atomic E-state index is 0.546. The second-order valence-electron chi connectivity index (χ2n) is 3.09. The van der Waals surface area contributed by atoms with Crippen molar-refractivity contribution in [3.63, 3.8) is 0 Å². The highest BCUT2D eigenvalue weighted by atomic mass is 79.9. The molecule has 0 aromatic rings. The predicted octanol–water partition coefficient (Wildman–Crippen LogP) is 1.84. The molecular weight excluding hydrogens is 286 g/mol. The Morgan fingerprint density at radius 2 is 2.00 bits per heavy atom. The molecule has 4 N–H and O–H groups in total. The van der Waals surface area contributed by atoms with Crippen LogP contribution in [0.1, 0.15) is 19.3 Å². The molecule has 1 aliphatic carbocycles. The average molecular weight is 299 g/mol. The van der Waals surface area contributed by atoms with E-state index in [2.05, 4.69) is 31.9 Å². The number of nitrogens with two attached hydrogens (primary N) is 2. The molecule has 1 saturated carbocycles. The van der Waals surface area contributed by atoms with Gasteiger partial charge in [0, 0.05) is 6.54 Å². The van der Waals surface area contributed by atoms with Crippen molar-refractivity contribution in [1.29, 1.82) is 0 Å². The summed E-state index contributed by atoms with van der Waals surface area (Å²) in [5.74, 6) is 6.49. The maximum absolute atomic E-state index is 5.75. The Kier molecular flexibility index (Phi) is 3.86. The molecule has 0 bridgehead atoms. The fraction of sp³-hybridized carbons (Fsp3) is 0.714. The third-order valence-electron chi connectivity index (χ3n) is 2.13. The molecule has 0 aromatic carbocycles. The van der Waals surface area contributed by atoms with Gasteiger partial charge in [0.1, 0.15) is 9.21 Å². The van der Waals surface area contributed by atoms with E-state index >= 15 is 0 Å². The van der Waals surface area contributed by atoms with Crippen LogP contribution in [0.4, 0.5) is 0 Å². The third-order valence-corrected chi connectivity index (χ3v) is 3.92. The van der Waals surface area contributed by atoms with Crippen molar-refractivity contribution in [1.82, 2.24) is 5.01 Å². The molecule has 12 heavy (non-hydrogen) atoms. The normalized spacial score (nSPS) is 19.9. The zero-order valence-electron chi connectivity index (χ0n) is 6.76. The van der Waals surface area contributed by atoms with Gasteiger partial charge in [0.2, 0.25) is 0 Å². The summed E-state index contributed by atoms with van der Waals surface area (Å²) in [6, 6.07) is 0. The molecule has 5 heteroatoms. The maximum atomic E-state index is 5.75. The van der Waals surface area contributed by atoms with E-state index in [0.29, 0.717) is 4.61 Å². The summed E-state index contributed by atoms with van der Waals surface area (Å²) in [7, 11) is 0. The van der Waals surface area contributed by atoms with Crippen LogP contribution in [-0.2, 0) is 0 Å². The summed E-state index contributed by atoms with van der Waals surface area (Å²) in [5, 5.41) is 1.65. The summed E-state index contributed by atoms with van der Waals surface area (Å²) in [4.78, 5) is 0. The Morgan fingerprint density at radius 1 is 1.42 bits per heavy atom. The van der Waals surface area contributed by atoms with Crippen LogP contribution in [0.25, 0.3) is 0 Å². The molecule has 3 nitrogen and oxygen atoms in total. The lowest BCUT2D eigenvalue weighted by Crippen LogP contribution is -2.36. The van der Waals surface area contributed by atoms with E-state index in [4.69, 9.17) is 11.6 Å². The van der Waals surface area contributed by atoms with Crippen LogP contribution in [0, 0.1) is 5.92 Å². The summed E-state index contributed by atoms with van der Waals surface area (Å²) in [6.07, 6.45) is 3.91. The third kappa shape index (κ3) is 2.64. The molecule has 0 saturated heterocycles. The van der Waals surface area contributed by atoms with Gasteiger partial charge in [-0.15, -0.1) is 0 Å². The lowest BCUT2D eigenvalue weighted by molar-refractivity contribution is 0.223. The Morgan fingerprint density at radius 3 is 2.33 bits per heavy atom. The number of hydrazine groups is 1. The first-order valence-corrected chi connectivity index (χ1v) is 5.53.